The first-order valence-electron chi connectivity index (χ1n) is 5.81. The quantitative estimate of drug-likeness (QED) is 0.285. The molecule has 1 fully saturated rings. The molecule has 1 aromatic heterocycles. The zero-order valence-electron chi connectivity index (χ0n) is 10.8. The lowest BCUT2D eigenvalue weighted by atomic mass is 10.0. The van der Waals surface area contributed by atoms with E-state index in [1.54, 1.807) is 0 Å². The minimum atomic E-state index is -2.41. The molecular formula is C11H13N3O7. The lowest BCUT2D eigenvalue weighted by Crippen LogP contribution is -2.52. The second-order valence-electron chi connectivity index (χ2n) is 4.67. The van der Waals surface area contributed by atoms with Crippen LogP contribution in [-0.4, -0.2) is 48.7 Å². The molecule has 6 N–H and O–H groups in total. The van der Waals surface area contributed by atoms with Gasteiger partial charge in [-0.25, -0.2) is 9.59 Å². The van der Waals surface area contributed by atoms with E-state index in [-0.39, 0.29) is 5.56 Å². The van der Waals surface area contributed by atoms with Crippen LogP contribution < -0.4 is 17.0 Å². The van der Waals surface area contributed by atoms with Crippen LogP contribution in [0.25, 0.3) is 0 Å². The smallest absolute Gasteiger partial charge is 0.330 e. The van der Waals surface area contributed by atoms with Crippen LogP contribution in [0.4, 0.5) is 0 Å². The summed E-state index contributed by atoms with van der Waals surface area (Å²) in [6, 6.07) is 0. The van der Waals surface area contributed by atoms with Crippen molar-refractivity contribution in [3.63, 3.8) is 0 Å². The van der Waals surface area contributed by atoms with E-state index in [9.17, 15) is 29.7 Å². The summed E-state index contributed by atoms with van der Waals surface area (Å²) < 4.78 is 5.85. The Balaban J connectivity index is 2.53. The number of hydrogen-bond acceptors (Lipinski definition) is 8. The van der Waals surface area contributed by atoms with Crippen molar-refractivity contribution in [3.05, 3.63) is 38.4 Å². The van der Waals surface area contributed by atoms with E-state index in [4.69, 9.17) is 10.5 Å². The van der Waals surface area contributed by atoms with Crippen LogP contribution in [0.15, 0.2) is 21.5 Å². The van der Waals surface area contributed by atoms with E-state index in [0.29, 0.717) is 0 Å². The molecule has 0 unspecified atom stereocenters. The van der Waals surface area contributed by atoms with Crippen molar-refractivity contribution in [2.45, 2.75) is 31.1 Å². The molecule has 1 saturated heterocycles. The van der Waals surface area contributed by atoms with Gasteiger partial charge in [-0.05, 0) is 6.92 Å². The summed E-state index contributed by atoms with van der Waals surface area (Å²) in [6.07, 6.45) is -4.03. The normalized spacial score (nSPS) is 31.9. The Morgan fingerprint density at radius 2 is 2.14 bits per heavy atom. The largest absolute Gasteiger partial charge is 0.499 e. The standard InChI is InChI=1S/C11H13N3O7/c1-4-2-14(10(20)13-8(4)19)9-6(17)7(18)11(12,21-9)5(16)3-15/h2,6-7,9,16-18H,12H2,1H3,(H,13,19,20)/t6-,7+,9-,11-/m1/s1. The molecule has 0 aromatic carbocycles. The Morgan fingerprint density at radius 3 is 2.71 bits per heavy atom. The lowest BCUT2D eigenvalue weighted by molar-refractivity contribution is -0.0963. The molecule has 1 aromatic rings. The Morgan fingerprint density at radius 1 is 1.52 bits per heavy atom. The predicted molar refractivity (Wildman–Crippen MR) is 66.9 cm³/mol. The molecule has 21 heavy (non-hydrogen) atoms. The van der Waals surface area contributed by atoms with E-state index in [1.807, 2.05) is 4.98 Å². The molecule has 2 rings (SSSR count). The van der Waals surface area contributed by atoms with Gasteiger partial charge in [0.2, 0.25) is 11.5 Å². The van der Waals surface area contributed by atoms with E-state index < -0.39 is 41.2 Å². The summed E-state index contributed by atoms with van der Waals surface area (Å²) in [6.45, 7) is 1.41. The lowest BCUT2D eigenvalue weighted by Gasteiger charge is -2.24. The average Bonchev–Trinajstić information content (AvgIpc) is 2.67. The van der Waals surface area contributed by atoms with Crippen molar-refractivity contribution in [2.24, 2.45) is 5.73 Å². The SMILES string of the molecule is Cc1cn([C@@H]2O[C@](N)(C(O)=C=O)[C@@H](O)[C@H]2O)c(=O)[nH]c1=O. The number of aromatic nitrogens is 2. The highest BCUT2D eigenvalue weighted by atomic mass is 16.6. The fourth-order valence-electron chi connectivity index (χ4n) is 2.02. The second-order valence-corrected chi connectivity index (χ2v) is 4.67. The highest BCUT2D eigenvalue weighted by Gasteiger charge is 2.56. The number of rotatable bonds is 2. The number of nitrogens with two attached hydrogens (primary N) is 1. The van der Waals surface area contributed by atoms with Crippen LogP contribution >= 0.6 is 0 Å². The molecule has 0 bridgehead atoms. The summed E-state index contributed by atoms with van der Waals surface area (Å²) in [5.74, 6) is -0.1000. The predicted octanol–water partition coefficient (Wildman–Crippen LogP) is -2.98. The van der Waals surface area contributed by atoms with Gasteiger partial charge >= 0.3 is 5.69 Å². The highest BCUT2D eigenvalue weighted by Crippen LogP contribution is 2.35. The number of aryl methyl sites for hydroxylation is 1. The highest BCUT2D eigenvalue weighted by molar-refractivity contribution is 5.53. The number of nitrogens with one attached hydrogen (secondary N) is 1. The zero-order valence-corrected chi connectivity index (χ0v) is 10.8. The fraction of sp³-hybridized carbons (Fsp3) is 0.455. The van der Waals surface area contributed by atoms with Crippen molar-refractivity contribution >= 4 is 5.94 Å². The Kier molecular flexibility index (Phi) is 3.58. The number of nitrogens with zero attached hydrogens (tertiary/aromatic N) is 1. The van der Waals surface area contributed by atoms with Gasteiger partial charge in [0, 0.05) is 11.8 Å². The van der Waals surface area contributed by atoms with Gasteiger partial charge in [0.25, 0.3) is 5.56 Å². The Bertz CT molecular complexity index is 732. The fourth-order valence-corrected chi connectivity index (χ4v) is 2.02. The number of carbonyl (C=O) groups excluding carboxylic acids is 1. The molecular weight excluding hydrogens is 286 g/mol. The first-order valence-corrected chi connectivity index (χ1v) is 5.81. The van der Waals surface area contributed by atoms with Crippen molar-refractivity contribution < 1.29 is 24.9 Å². The average molecular weight is 299 g/mol. The van der Waals surface area contributed by atoms with E-state index in [0.717, 1.165) is 16.7 Å². The number of aliphatic hydroxyl groups excluding tert-OH is 3. The molecule has 4 atom stereocenters. The van der Waals surface area contributed by atoms with Gasteiger partial charge in [-0.15, -0.1) is 0 Å². The first-order chi connectivity index (χ1) is 9.72. The van der Waals surface area contributed by atoms with Gasteiger partial charge in [-0.3, -0.25) is 20.1 Å². The van der Waals surface area contributed by atoms with Gasteiger partial charge in [-0.2, -0.15) is 0 Å². The van der Waals surface area contributed by atoms with Gasteiger partial charge in [-0.1, -0.05) is 0 Å². The van der Waals surface area contributed by atoms with E-state index >= 15 is 0 Å². The van der Waals surface area contributed by atoms with Crippen molar-refractivity contribution in [1.29, 1.82) is 0 Å². The minimum Gasteiger partial charge on any atom is -0.499 e. The van der Waals surface area contributed by atoms with E-state index in [2.05, 4.69) is 0 Å². The third kappa shape index (κ3) is 2.20. The molecule has 2 heterocycles. The topological polar surface area (TPSA) is 168 Å². The summed E-state index contributed by atoms with van der Waals surface area (Å²) in [5.41, 5.74) is 1.72. The van der Waals surface area contributed by atoms with Gasteiger partial charge in [0.1, 0.15) is 12.2 Å². The first kappa shape index (κ1) is 15.2. The summed E-state index contributed by atoms with van der Waals surface area (Å²) in [7, 11) is 0. The maximum absolute atomic E-state index is 11.7. The molecule has 1 aliphatic heterocycles. The van der Waals surface area contributed by atoms with E-state index in [1.165, 1.54) is 6.92 Å². The molecule has 0 aliphatic carbocycles. The molecule has 0 amide bonds. The van der Waals surface area contributed by atoms with Crippen molar-refractivity contribution in [3.8, 4) is 0 Å². The van der Waals surface area contributed by atoms with Gasteiger partial charge < -0.3 is 20.1 Å². The van der Waals surface area contributed by atoms with Crippen LogP contribution in [0.1, 0.15) is 11.8 Å². The third-order valence-electron chi connectivity index (χ3n) is 3.26. The number of aromatic amines is 1. The molecule has 0 spiro atoms. The molecule has 10 nitrogen and oxygen atoms in total. The zero-order chi connectivity index (χ0) is 15.9. The number of hydrogen-bond donors (Lipinski definition) is 5. The molecule has 0 saturated carbocycles. The maximum Gasteiger partial charge on any atom is 0.330 e. The van der Waals surface area contributed by atoms with Crippen molar-refractivity contribution in [2.75, 3.05) is 0 Å². The molecule has 10 heteroatoms. The number of H-pyrrole nitrogens is 1. The molecule has 0 radical (unpaired) electrons. The monoisotopic (exact) mass is 299 g/mol. The van der Waals surface area contributed by atoms with Crippen LogP contribution in [-0.2, 0) is 9.53 Å². The Hall–Kier alpha value is -2.23. The second kappa shape index (κ2) is 4.95. The van der Waals surface area contributed by atoms with Crippen LogP contribution in [0.5, 0.6) is 0 Å². The van der Waals surface area contributed by atoms with Crippen LogP contribution in [0.3, 0.4) is 0 Å². The van der Waals surface area contributed by atoms with Crippen LogP contribution in [0, 0.1) is 6.92 Å². The van der Waals surface area contributed by atoms with Crippen molar-refractivity contribution in [1.82, 2.24) is 9.55 Å². The third-order valence-corrected chi connectivity index (χ3v) is 3.26. The summed E-state index contributed by atoms with van der Waals surface area (Å²) in [5, 5.41) is 29.1. The summed E-state index contributed by atoms with van der Waals surface area (Å²) in [4.78, 5) is 35.5. The number of ether oxygens (including phenoxy) is 1. The molecule has 114 valence electrons. The van der Waals surface area contributed by atoms with Gasteiger partial charge in [0.05, 0.1) is 0 Å². The molecule has 1 aliphatic rings. The minimum absolute atomic E-state index is 0.143. The van der Waals surface area contributed by atoms with Crippen LogP contribution in [0.2, 0.25) is 0 Å². The maximum atomic E-state index is 11.7. The van der Waals surface area contributed by atoms with Gasteiger partial charge in [0.15, 0.2) is 12.2 Å². The Labute approximate surface area is 116 Å². The number of aliphatic hydroxyl groups is 3. The summed E-state index contributed by atoms with van der Waals surface area (Å²) >= 11 is 0.